The molecule has 100 valence electrons. The number of nitrogens with zero attached hydrogens (tertiary/aromatic N) is 2. The molecule has 1 atom stereocenters. The Balaban J connectivity index is 1.59. The molecule has 1 unspecified atom stereocenters. The molecule has 3 nitrogen and oxygen atoms in total. The van der Waals surface area contributed by atoms with E-state index >= 15 is 0 Å². The van der Waals surface area contributed by atoms with Crippen LogP contribution in [0.4, 0.5) is 0 Å². The Bertz CT molecular complexity index is 390. The highest BCUT2D eigenvalue weighted by atomic mass is 15.1. The van der Waals surface area contributed by atoms with Gasteiger partial charge < -0.3 is 9.88 Å². The van der Waals surface area contributed by atoms with E-state index in [9.17, 15) is 0 Å². The Morgan fingerprint density at radius 2 is 2.17 bits per heavy atom. The molecule has 1 aromatic rings. The van der Waals surface area contributed by atoms with Crippen LogP contribution < -0.4 is 0 Å². The maximum Gasteiger partial charge on any atom is 0.107 e. The first kappa shape index (κ1) is 12.2. The van der Waals surface area contributed by atoms with Crippen LogP contribution in [0.2, 0.25) is 0 Å². The van der Waals surface area contributed by atoms with Crippen molar-refractivity contribution in [2.24, 2.45) is 5.92 Å². The molecule has 0 aromatic carbocycles. The fourth-order valence-electron chi connectivity index (χ4n) is 3.35. The minimum absolute atomic E-state index is 0.879. The second kappa shape index (κ2) is 5.43. The summed E-state index contributed by atoms with van der Waals surface area (Å²) in [4.78, 5) is 10.9. The van der Waals surface area contributed by atoms with Gasteiger partial charge in [0.2, 0.25) is 0 Å². The number of fused-ring (bicyclic) bond motifs is 1. The molecule has 1 aromatic heterocycles. The first-order valence-electron chi connectivity index (χ1n) is 7.64. The topological polar surface area (TPSA) is 31.9 Å². The van der Waals surface area contributed by atoms with Crippen molar-refractivity contribution in [3.8, 4) is 0 Å². The average Bonchev–Trinajstić information content (AvgIpc) is 3.04. The largest absolute Gasteiger partial charge is 0.346 e. The van der Waals surface area contributed by atoms with Crippen molar-refractivity contribution in [3.63, 3.8) is 0 Å². The summed E-state index contributed by atoms with van der Waals surface area (Å²) in [6.07, 6.45) is 8.92. The van der Waals surface area contributed by atoms with E-state index < -0.39 is 0 Å². The van der Waals surface area contributed by atoms with E-state index in [1.165, 1.54) is 75.4 Å². The molecule has 0 amide bonds. The highest BCUT2D eigenvalue weighted by Gasteiger charge is 2.21. The van der Waals surface area contributed by atoms with Crippen LogP contribution in [0, 0.1) is 5.92 Å². The fraction of sp³-hybridized carbons (Fsp3) is 0.800. The molecule has 1 aliphatic carbocycles. The van der Waals surface area contributed by atoms with E-state index in [1.54, 1.807) is 0 Å². The Morgan fingerprint density at radius 1 is 1.33 bits per heavy atom. The zero-order valence-corrected chi connectivity index (χ0v) is 11.5. The summed E-state index contributed by atoms with van der Waals surface area (Å²) in [5.74, 6) is 2.10. The second-order valence-electron chi connectivity index (χ2n) is 5.92. The quantitative estimate of drug-likeness (QED) is 0.886. The molecule has 0 saturated carbocycles. The van der Waals surface area contributed by atoms with Gasteiger partial charge in [0.1, 0.15) is 5.82 Å². The molecule has 1 fully saturated rings. The summed E-state index contributed by atoms with van der Waals surface area (Å²) < 4.78 is 0. The third kappa shape index (κ3) is 2.61. The maximum atomic E-state index is 4.80. The van der Waals surface area contributed by atoms with Gasteiger partial charge in [0.25, 0.3) is 0 Å². The van der Waals surface area contributed by atoms with Crippen molar-refractivity contribution < 1.29 is 0 Å². The summed E-state index contributed by atoms with van der Waals surface area (Å²) in [5.41, 5.74) is 2.79. The third-order valence-electron chi connectivity index (χ3n) is 4.64. The number of nitrogens with one attached hydrogen (secondary N) is 1. The Labute approximate surface area is 110 Å². The van der Waals surface area contributed by atoms with Gasteiger partial charge in [-0.05, 0) is 51.1 Å². The van der Waals surface area contributed by atoms with E-state index in [0.29, 0.717) is 0 Å². The number of likely N-dealkylation sites (tertiary alicyclic amines) is 1. The van der Waals surface area contributed by atoms with Gasteiger partial charge in [-0.3, -0.25) is 0 Å². The highest BCUT2D eigenvalue weighted by Crippen LogP contribution is 2.26. The SMILES string of the molecule is CCC1CCc2nc(CCN3CCCC3)[nH]c2C1. The summed E-state index contributed by atoms with van der Waals surface area (Å²) in [6, 6.07) is 0. The summed E-state index contributed by atoms with van der Waals surface area (Å²) in [6.45, 7) is 6.07. The summed E-state index contributed by atoms with van der Waals surface area (Å²) >= 11 is 0. The van der Waals surface area contributed by atoms with E-state index in [2.05, 4.69) is 16.8 Å². The molecule has 3 rings (SSSR count). The Kier molecular flexibility index (Phi) is 3.69. The first-order chi connectivity index (χ1) is 8.85. The van der Waals surface area contributed by atoms with Crippen LogP contribution in [0.15, 0.2) is 0 Å². The van der Waals surface area contributed by atoms with Gasteiger partial charge in [0.05, 0.1) is 5.69 Å². The number of hydrogen-bond donors (Lipinski definition) is 1. The molecular weight excluding hydrogens is 222 g/mol. The lowest BCUT2D eigenvalue weighted by Gasteiger charge is -2.19. The van der Waals surface area contributed by atoms with Crippen LogP contribution in [0.5, 0.6) is 0 Å². The minimum atomic E-state index is 0.879. The lowest BCUT2D eigenvalue weighted by molar-refractivity contribution is 0.341. The zero-order valence-electron chi connectivity index (χ0n) is 11.5. The van der Waals surface area contributed by atoms with Crippen LogP contribution in [0.25, 0.3) is 0 Å². The second-order valence-corrected chi connectivity index (χ2v) is 5.92. The molecule has 2 heterocycles. The van der Waals surface area contributed by atoms with Crippen LogP contribution in [0.3, 0.4) is 0 Å². The minimum Gasteiger partial charge on any atom is -0.346 e. The molecular formula is C15H25N3. The zero-order chi connectivity index (χ0) is 12.4. The van der Waals surface area contributed by atoms with Gasteiger partial charge in [0, 0.05) is 18.7 Å². The van der Waals surface area contributed by atoms with E-state index in [4.69, 9.17) is 4.98 Å². The number of imidazole rings is 1. The van der Waals surface area contributed by atoms with Gasteiger partial charge in [-0.1, -0.05) is 13.3 Å². The first-order valence-corrected chi connectivity index (χ1v) is 7.64. The summed E-state index contributed by atoms with van der Waals surface area (Å²) in [7, 11) is 0. The summed E-state index contributed by atoms with van der Waals surface area (Å²) in [5, 5.41) is 0. The predicted molar refractivity (Wildman–Crippen MR) is 73.8 cm³/mol. The smallest absolute Gasteiger partial charge is 0.107 e. The van der Waals surface area contributed by atoms with Crippen LogP contribution in [-0.2, 0) is 19.3 Å². The van der Waals surface area contributed by atoms with Gasteiger partial charge in [-0.15, -0.1) is 0 Å². The Hall–Kier alpha value is -0.830. The van der Waals surface area contributed by atoms with Crippen molar-refractivity contribution in [1.29, 1.82) is 0 Å². The molecule has 0 spiro atoms. The van der Waals surface area contributed by atoms with Gasteiger partial charge in [-0.2, -0.15) is 0 Å². The number of hydrogen-bond acceptors (Lipinski definition) is 2. The van der Waals surface area contributed by atoms with Crippen molar-refractivity contribution >= 4 is 0 Å². The van der Waals surface area contributed by atoms with Crippen molar-refractivity contribution in [1.82, 2.24) is 14.9 Å². The molecule has 0 radical (unpaired) electrons. The Morgan fingerprint density at radius 3 is 2.94 bits per heavy atom. The molecule has 3 heteroatoms. The van der Waals surface area contributed by atoms with Crippen LogP contribution in [0.1, 0.15) is 49.8 Å². The van der Waals surface area contributed by atoms with E-state index in [-0.39, 0.29) is 0 Å². The highest BCUT2D eigenvalue weighted by molar-refractivity contribution is 5.18. The molecule has 1 N–H and O–H groups in total. The molecule has 1 saturated heterocycles. The van der Waals surface area contributed by atoms with E-state index in [1.807, 2.05) is 0 Å². The van der Waals surface area contributed by atoms with Crippen molar-refractivity contribution in [2.45, 2.75) is 51.9 Å². The van der Waals surface area contributed by atoms with E-state index in [0.717, 1.165) is 12.3 Å². The van der Waals surface area contributed by atoms with Gasteiger partial charge in [0.15, 0.2) is 0 Å². The number of rotatable bonds is 4. The predicted octanol–water partition coefficient (Wildman–Crippen LogP) is 2.56. The third-order valence-corrected chi connectivity index (χ3v) is 4.64. The molecule has 0 bridgehead atoms. The maximum absolute atomic E-state index is 4.80. The number of aromatic amines is 1. The lowest BCUT2D eigenvalue weighted by atomic mass is 9.88. The molecule has 18 heavy (non-hydrogen) atoms. The lowest BCUT2D eigenvalue weighted by Crippen LogP contribution is -2.22. The van der Waals surface area contributed by atoms with Crippen LogP contribution >= 0.6 is 0 Å². The number of aromatic nitrogens is 2. The standard InChI is InChI=1S/C15H25N3/c1-2-12-5-6-13-14(11-12)17-15(16-13)7-10-18-8-3-4-9-18/h12H,2-11H2,1H3,(H,16,17). The molecule has 2 aliphatic rings. The molecule has 1 aliphatic heterocycles. The van der Waals surface area contributed by atoms with Crippen LogP contribution in [-0.4, -0.2) is 34.5 Å². The van der Waals surface area contributed by atoms with Gasteiger partial charge in [-0.25, -0.2) is 4.98 Å². The average molecular weight is 247 g/mol. The number of aryl methyl sites for hydroxylation is 1. The fourth-order valence-corrected chi connectivity index (χ4v) is 3.35. The van der Waals surface area contributed by atoms with Crippen molar-refractivity contribution in [2.75, 3.05) is 19.6 Å². The van der Waals surface area contributed by atoms with Crippen molar-refractivity contribution in [3.05, 3.63) is 17.2 Å². The van der Waals surface area contributed by atoms with Gasteiger partial charge >= 0.3 is 0 Å². The monoisotopic (exact) mass is 247 g/mol. The number of H-pyrrole nitrogens is 1. The normalized spacial score (nSPS) is 24.4.